The fourth-order valence-corrected chi connectivity index (χ4v) is 4.10. The van der Waals surface area contributed by atoms with Crippen LogP contribution >= 0.6 is 0 Å². The number of amides is 1. The predicted molar refractivity (Wildman–Crippen MR) is 91.1 cm³/mol. The Morgan fingerprint density at radius 2 is 2.04 bits per heavy atom. The maximum atomic E-state index is 11.6. The highest BCUT2D eigenvalue weighted by atomic mass is 16.3. The number of rotatable bonds is 3. The number of fused-ring (bicyclic) bond motifs is 1. The van der Waals surface area contributed by atoms with Crippen molar-refractivity contribution in [1.82, 2.24) is 25.3 Å². The molecule has 1 aliphatic heterocycles. The van der Waals surface area contributed by atoms with E-state index >= 15 is 0 Å². The Morgan fingerprint density at radius 1 is 1.24 bits per heavy atom. The molecule has 0 aromatic carbocycles. The summed E-state index contributed by atoms with van der Waals surface area (Å²) in [5.74, 6) is 1.49. The van der Waals surface area contributed by atoms with E-state index in [2.05, 4.69) is 25.5 Å². The van der Waals surface area contributed by atoms with Crippen LogP contribution in [0.15, 0.2) is 30.6 Å². The van der Waals surface area contributed by atoms with Gasteiger partial charge >= 0.3 is 0 Å². The van der Waals surface area contributed by atoms with E-state index in [0.717, 1.165) is 31.7 Å². The van der Waals surface area contributed by atoms with E-state index in [0.29, 0.717) is 17.5 Å². The summed E-state index contributed by atoms with van der Waals surface area (Å²) in [6.45, 7) is 1.75. The molecule has 0 bridgehead atoms. The molecule has 8 nitrogen and oxygen atoms in total. The van der Waals surface area contributed by atoms with Gasteiger partial charge in [0.25, 0.3) is 5.91 Å². The molecule has 0 radical (unpaired) electrons. The fraction of sp³-hybridized carbons (Fsp3) is 0.529. The number of hydrogen-bond donors (Lipinski definition) is 2. The first-order valence-electron chi connectivity index (χ1n) is 8.63. The second-order valence-electron chi connectivity index (χ2n) is 6.87. The summed E-state index contributed by atoms with van der Waals surface area (Å²) in [5.41, 5.74) is 0.317. The van der Waals surface area contributed by atoms with Crippen LogP contribution in [0.5, 0.6) is 0 Å². The summed E-state index contributed by atoms with van der Waals surface area (Å²) in [6.07, 6.45) is 4.99. The van der Waals surface area contributed by atoms with E-state index in [-0.39, 0.29) is 18.1 Å². The minimum Gasteiger partial charge on any atom is -0.391 e. The topological polar surface area (TPSA) is 96.2 Å². The van der Waals surface area contributed by atoms with Gasteiger partial charge in [0.15, 0.2) is 11.5 Å². The zero-order valence-electron chi connectivity index (χ0n) is 14.1. The number of hydrogen-bond acceptors (Lipinski definition) is 6. The lowest BCUT2D eigenvalue weighted by Crippen LogP contribution is -2.36. The average molecular weight is 342 g/mol. The van der Waals surface area contributed by atoms with Crippen molar-refractivity contribution in [3.05, 3.63) is 36.3 Å². The van der Waals surface area contributed by atoms with Gasteiger partial charge < -0.3 is 15.3 Å². The third-order valence-corrected chi connectivity index (χ3v) is 5.41. The summed E-state index contributed by atoms with van der Waals surface area (Å²) in [5, 5.41) is 25.6. The number of aliphatic hydroxyl groups is 1. The van der Waals surface area contributed by atoms with E-state index in [1.54, 1.807) is 19.3 Å². The van der Waals surface area contributed by atoms with Crippen LogP contribution in [0.3, 0.4) is 0 Å². The average Bonchev–Trinajstić information content (AvgIpc) is 3.29. The quantitative estimate of drug-likeness (QED) is 0.842. The van der Waals surface area contributed by atoms with Crippen molar-refractivity contribution >= 4 is 11.7 Å². The molecule has 2 aromatic heterocycles. The minimum absolute atomic E-state index is 0.0397. The van der Waals surface area contributed by atoms with Gasteiger partial charge in [-0.2, -0.15) is 5.10 Å². The van der Waals surface area contributed by atoms with Gasteiger partial charge in [-0.3, -0.25) is 9.48 Å². The summed E-state index contributed by atoms with van der Waals surface area (Å²) in [7, 11) is 1.57. The molecule has 1 saturated carbocycles. The molecule has 25 heavy (non-hydrogen) atoms. The van der Waals surface area contributed by atoms with Crippen LogP contribution in [0, 0.1) is 11.8 Å². The smallest absolute Gasteiger partial charge is 0.271 e. The first-order chi connectivity index (χ1) is 12.2. The Labute approximate surface area is 145 Å². The number of carbonyl (C=O) groups excluding carboxylic acids is 1. The Bertz CT molecular complexity index is 732. The van der Waals surface area contributed by atoms with Crippen LogP contribution in [-0.2, 0) is 0 Å². The summed E-state index contributed by atoms with van der Waals surface area (Å²) < 4.78 is 1.88. The largest absolute Gasteiger partial charge is 0.391 e. The van der Waals surface area contributed by atoms with Gasteiger partial charge in [-0.25, -0.2) is 0 Å². The number of anilines is 1. The molecule has 2 aliphatic rings. The van der Waals surface area contributed by atoms with Gasteiger partial charge in [-0.1, -0.05) is 0 Å². The lowest BCUT2D eigenvalue weighted by molar-refractivity contribution is 0.0306. The SMILES string of the molecule is CNC(=O)c1ccc(N2C[C@H]3C[C@@H](n4cccn4)[C@H](O)C[C@H]3C2)nn1. The third-order valence-electron chi connectivity index (χ3n) is 5.41. The van der Waals surface area contributed by atoms with Crippen LogP contribution in [0.2, 0.25) is 0 Å². The Kier molecular flexibility index (Phi) is 4.12. The first kappa shape index (κ1) is 16.0. The third kappa shape index (κ3) is 2.97. The maximum Gasteiger partial charge on any atom is 0.271 e. The van der Waals surface area contributed by atoms with E-state index < -0.39 is 0 Å². The van der Waals surface area contributed by atoms with Gasteiger partial charge in [0, 0.05) is 32.5 Å². The highest BCUT2D eigenvalue weighted by Gasteiger charge is 2.42. The highest BCUT2D eigenvalue weighted by molar-refractivity contribution is 5.91. The Hall–Kier alpha value is -2.48. The van der Waals surface area contributed by atoms with Crippen LogP contribution in [0.4, 0.5) is 5.82 Å². The van der Waals surface area contributed by atoms with Crippen molar-refractivity contribution in [2.75, 3.05) is 25.0 Å². The van der Waals surface area contributed by atoms with Crippen molar-refractivity contribution in [1.29, 1.82) is 0 Å². The van der Waals surface area contributed by atoms with Gasteiger partial charge in [0.1, 0.15) is 0 Å². The number of carbonyl (C=O) groups is 1. The molecule has 0 unspecified atom stereocenters. The minimum atomic E-state index is -0.372. The van der Waals surface area contributed by atoms with Gasteiger partial charge in [-0.15, -0.1) is 10.2 Å². The normalized spacial score (nSPS) is 28.6. The second kappa shape index (κ2) is 6.44. The first-order valence-corrected chi connectivity index (χ1v) is 8.63. The lowest BCUT2D eigenvalue weighted by atomic mass is 9.77. The van der Waals surface area contributed by atoms with Gasteiger partial charge in [0.2, 0.25) is 0 Å². The molecular weight excluding hydrogens is 320 g/mol. The molecule has 2 N–H and O–H groups in total. The molecule has 2 fully saturated rings. The molecule has 0 spiro atoms. The monoisotopic (exact) mass is 342 g/mol. The number of nitrogens with zero attached hydrogens (tertiary/aromatic N) is 5. The van der Waals surface area contributed by atoms with Crippen LogP contribution in [-0.4, -0.2) is 57.2 Å². The summed E-state index contributed by atoms with van der Waals surface area (Å²) >= 11 is 0. The molecule has 1 saturated heterocycles. The standard InChI is InChI=1S/C17H22N6O2/c1-18-17(25)13-3-4-16(21-20-13)22-9-11-7-14(23-6-2-5-19-23)15(24)8-12(11)10-22/h2-6,11-12,14-15,24H,7-10H2,1H3,(H,18,25)/t11-,12+,14-,15-/m1/s1. The van der Waals surface area contributed by atoms with E-state index in [1.807, 2.05) is 23.0 Å². The van der Waals surface area contributed by atoms with Crippen molar-refractivity contribution in [2.45, 2.75) is 25.0 Å². The molecule has 132 valence electrons. The van der Waals surface area contributed by atoms with Crippen LogP contribution < -0.4 is 10.2 Å². The van der Waals surface area contributed by atoms with E-state index in [9.17, 15) is 9.90 Å². The van der Waals surface area contributed by atoms with Crippen molar-refractivity contribution in [3.63, 3.8) is 0 Å². The van der Waals surface area contributed by atoms with E-state index in [1.165, 1.54) is 0 Å². The Balaban J connectivity index is 1.47. The molecule has 4 atom stereocenters. The second-order valence-corrected chi connectivity index (χ2v) is 6.87. The number of aromatic nitrogens is 4. The van der Waals surface area contributed by atoms with Crippen molar-refractivity contribution in [3.8, 4) is 0 Å². The molecule has 4 rings (SSSR count). The molecule has 8 heteroatoms. The number of nitrogens with one attached hydrogen (secondary N) is 1. The molecule has 2 aromatic rings. The Morgan fingerprint density at radius 3 is 2.68 bits per heavy atom. The van der Waals surface area contributed by atoms with E-state index in [4.69, 9.17) is 0 Å². The summed E-state index contributed by atoms with van der Waals surface area (Å²) in [4.78, 5) is 13.8. The zero-order chi connectivity index (χ0) is 17.4. The number of aliphatic hydroxyl groups excluding tert-OH is 1. The van der Waals surface area contributed by atoms with Crippen LogP contribution in [0.25, 0.3) is 0 Å². The fourth-order valence-electron chi connectivity index (χ4n) is 4.10. The molecular formula is C17H22N6O2. The van der Waals surface area contributed by atoms with Gasteiger partial charge in [0.05, 0.1) is 12.1 Å². The highest BCUT2D eigenvalue weighted by Crippen LogP contribution is 2.41. The van der Waals surface area contributed by atoms with Crippen molar-refractivity contribution < 1.29 is 9.90 Å². The predicted octanol–water partition coefficient (Wildman–Crippen LogP) is 0.481. The van der Waals surface area contributed by atoms with Crippen molar-refractivity contribution in [2.24, 2.45) is 11.8 Å². The van der Waals surface area contributed by atoms with Crippen LogP contribution in [0.1, 0.15) is 29.4 Å². The zero-order valence-corrected chi connectivity index (χ0v) is 14.1. The molecule has 3 heterocycles. The lowest BCUT2D eigenvalue weighted by Gasteiger charge is -2.35. The molecule has 1 aliphatic carbocycles. The molecule has 1 amide bonds. The summed E-state index contributed by atoms with van der Waals surface area (Å²) in [6, 6.07) is 5.47. The van der Waals surface area contributed by atoms with Gasteiger partial charge in [-0.05, 0) is 42.9 Å². The maximum absolute atomic E-state index is 11.6.